The molecule has 0 bridgehead atoms. The van der Waals surface area contributed by atoms with Gasteiger partial charge < -0.3 is 14.5 Å². The van der Waals surface area contributed by atoms with Gasteiger partial charge in [0.2, 0.25) is 0 Å². The van der Waals surface area contributed by atoms with Crippen LogP contribution in [0.4, 0.5) is 26.3 Å². The SMILES string of the molecule is CCCCC(CC(=O)OCC(F)(F)F)(CC(F)(F)F)P(=O)(O)O. The van der Waals surface area contributed by atoms with Gasteiger partial charge in [-0.25, -0.2) is 0 Å². The molecule has 0 spiro atoms. The van der Waals surface area contributed by atoms with Crippen LogP contribution in [0.2, 0.25) is 0 Å². The topological polar surface area (TPSA) is 83.8 Å². The van der Waals surface area contributed by atoms with Gasteiger partial charge in [-0.2, -0.15) is 26.3 Å². The number of ether oxygens (including phenoxy) is 1. The van der Waals surface area contributed by atoms with E-state index >= 15 is 0 Å². The van der Waals surface area contributed by atoms with Gasteiger partial charge in [0.1, 0.15) is 0 Å². The molecule has 0 saturated carbocycles. The molecule has 0 aromatic rings. The van der Waals surface area contributed by atoms with E-state index in [1.165, 1.54) is 0 Å². The normalized spacial score (nSPS) is 16.0. The summed E-state index contributed by atoms with van der Waals surface area (Å²) in [5.74, 6) is -1.74. The van der Waals surface area contributed by atoms with Gasteiger partial charge in [0.05, 0.1) is 18.0 Å². The Morgan fingerprint density at radius 3 is 1.96 bits per heavy atom. The van der Waals surface area contributed by atoms with E-state index < -0.39 is 56.9 Å². The Hall–Kier alpha value is -0.800. The minimum absolute atomic E-state index is 0.0479. The van der Waals surface area contributed by atoms with E-state index in [1.54, 1.807) is 6.92 Å². The molecule has 5 nitrogen and oxygen atoms in total. The number of hydrogen-bond donors (Lipinski definition) is 2. The monoisotopic (exact) mass is 374 g/mol. The molecule has 0 heterocycles. The molecule has 1 unspecified atom stereocenters. The van der Waals surface area contributed by atoms with Crippen LogP contribution in [-0.4, -0.2) is 39.9 Å². The molecule has 0 aliphatic heterocycles. The molecule has 0 radical (unpaired) electrons. The number of hydrogen-bond acceptors (Lipinski definition) is 3. The predicted octanol–water partition coefficient (Wildman–Crippen LogP) is 3.54. The summed E-state index contributed by atoms with van der Waals surface area (Å²) in [5, 5.41) is -2.83. The highest BCUT2D eigenvalue weighted by Crippen LogP contribution is 2.59. The lowest BCUT2D eigenvalue weighted by Crippen LogP contribution is -2.38. The number of alkyl halides is 6. The van der Waals surface area contributed by atoms with Crippen LogP contribution in [-0.2, 0) is 14.1 Å². The first kappa shape index (κ1) is 22.2. The molecule has 12 heteroatoms. The molecule has 2 N–H and O–H groups in total. The fourth-order valence-electron chi connectivity index (χ4n) is 1.95. The summed E-state index contributed by atoms with van der Waals surface area (Å²) >= 11 is 0. The molecule has 138 valence electrons. The van der Waals surface area contributed by atoms with E-state index in [0.717, 1.165) is 0 Å². The van der Waals surface area contributed by atoms with Crippen molar-refractivity contribution in [2.45, 2.75) is 56.5 Å². The first-order valence-corrected chi connectivity index (χ1v) is 8.08. The van der Waals surface area contributed by atoms with Crippen molar-refractivity contribution < 1.29 is 50.2 Å². The first-order valence-electron chi connectivity index (χ1n) is 6.47. The van der Waals surface area contributed by atoms with Crippen molar-refractivity contribution in [3.63, 3.8) is 0 Å². The zero-order valence-corrected chi connectivity index (χ0v) is 13.0. The van der Waals surface area contributed by atoms with Crippen LogP contribution >= 0.6 is 7.60 Å². The van der Waals surface area contributed by atoms with Gasteiger partial charge in [0.15, 0.2) is 6.61 Å². The predicted molar refractivity (Wildman–Crippen MR) is 66.6 cm³/mol. The molecule has 23 heavy (non-hydrogen) atoms. The third-order valence-electron chi connectivity index (χ3n) is 3.01. The summed E-state index contributed by atoms with van der Waals surface area (Å²) in [6.45, 7) is -0.497. The van der Waals surface area contributed by atoms with Crippen molar-refractivity contribution in [1.82, 2.24) is 0 Å². The number of unbranched alkanes of at least 4 members (excludes halogenated alkanes) is 1. The summed E-state index contributed by atoms with van der Waals surface area (Å²) in [7, 11) is -5.45. The highest BCUT2D eigenvalue weighted by Gasteiger charge is 2.54. The Labute approximate surface area is 128 Å². The zero-order chi connectivity index (χ0) is 18.5. The van der Waals surface area contributed by atoms with Gasteiger partial charge in [-0.3, -0.25) is 9.36 Å². The molecule has 0 rings (SSSR count). The molecule has 0 aliphatic carbocycles. The number of esters is 1. The average Bonchev–Trinajstić information content (AvgIpc) is 2.29. The van der Waals surface area contributed by atoms with Gasteiger partial charge in [-0.05, 0) is 6.42 Å². The lowest BCUT2D eigenvalue weighted by molar-refractivity contribution is -0.188. The van der Waals surface area contributed by atoms with Crippen molar-refractivity contribution in [3.8, 4) is 0 Å². The third kappa shape index (κ3) is 8.57. The van der Waals surface area contributed by atoms with Crippen LogP contribution < -0.4 is 0 Å². The molecule has 0 aliphatic rings. The summed E-state index contributed by atoms with van der Waals surface area (Å²) in [4.78, 5) is 29.9. The number of carbonyl (C=O) groups is 1. The molecular weight excluding hydrogens is 357 g/mol. The Bertz CT molecular complexity index is 443. The van der Waals surface area contributed by atoms with Gasteiger partial charge in [-0.15, -0.1) is 0 Å². The van der Waals surface area contributed by atoms with E-state index in [4.69, 9.17) is 0 Å². The Balaban J connectivity index is 5.38. The molecule has 1 atom stereocenters. The number of rotatable bonds is 8. The second-order valence-corrected chi connectivity index (χ2v) is 7.15. The quantitative estimate of drug-likeness (QED) is 0.386. The molecule has 0 aromatic heterocycles. The molecule has 0 saturated heterocycles. The maximum atomic E-state index is 12.7. The minimum atomic E-state index is -5.45. The maximum Gasteiger partial charge on any atom is 0.422 e. The fourth-order valence-corrected chi connectivity index (χ4v) is 3.12. The Morgan fingerprint density at radius 1 is 1.09 bits per heavy atom. The van der Waals surface area contributed by atoms with Crippen molar-refractivity contribution >= 4 is 13.6 Å². The van der Waals surface area contributed by atoms with Crippen molar-refractivity contribution in [2.75, 3.05) is 6.61 Å². The van der Waals surface area contributed by atoms with Crippen LogP contribution in [0.1, 0.15) is 39.0 Å². The standard InChI is InChI=1S/C11H17F6O5P/c1-2-3-4-9(23(19,20)21,6-10(12,13)14)5-8(18)22-7-11(15,16)17/h2-7H2,1H3,(H2,19,20,21). The molecule has 0 amide bonds. The second-order valence-electron chi connectivity index (χ2n) is 5.12. The lowest BCUT2D eigenvalue weighted by atomic mass is 9.93. The van der Waals surface area contributed by atoms with Crippen molar-refractivity contribution in [3.05, 3.63) is 0 Å². The van der Waals surface area contributed by atoms with Gasteiger partial charge in [0.25, 0.3) is 0 Å². The number of carbonyl (C=O) groups excluding carboxylic acids is 1. The highest BCUT2D eigenvalue weighted by atomic mass is 31.2. The van der Waals surface area contributed by atoms with Gasteiger partial charge >= 0.3 is 25.9 Å². The zero-order valence-electron chi connectivity index (χ0n) is 12.1. The Morgan fingerprint density at radius 2 is 1.61 bits per heavy atom. The average molecular weight is 374 g/mol. The second kappa shape index (κ2) is 7.85. The highest BCUT2D eigenvalue weighted by molar-refractivity contribution is 7.53. The lowest BCUT2D eigenvalue weighted by Gasteiger charge is -2.34. The van der Waals surface area contributed by atoms with Crippen molar-refractivity contribution in [2.24, 2.45) is 0 Å². The largest absolute Gasteiger partial charge is 0.456 e. The fraction of sp³-hybridized carbons (Fsp3) is 0.909. The van der Waals surface area contributed by atoms with E-state index in [1.807, 2.05) is 0 Å². The third-order valence-corrected chi connectivity index (χ3v) is 4.79. The van der Waals surface area contributed by atoms with E-state index in [0.29, 0.717) is 0 Å². The van der Waals surface area contributed by atoms with Crippen LogP contribution in [0.15, 0.2) is 0 Å². The van der Waals surface area contributed by atoms with Crippen molar-refractivity contribution in [1.29, 1.82) is 0 Å². The number of halogens is 6. The van der Waals surface area contributed by atoms with Gasteiger partial charge in [0, 0.05) is 0 Å². The summed E-state index contributed by atoms with van der Waals surface area (Å²) < 4.78 is 89.1. The van der Waals surface area contributed by atoms with E-state index in [-0.39, 0.29) is 12.8 Å². The van der Waals surface area contributed by atoms with Crippen LogP contribution in [0.25, 0.3) is 0 Å². The Kier molecular flexibility index (Phi) is 7.58. The van der Waals surface area contributed by atoms with E-state index in [2.05, 4.69) is 4.74 Å². The summed E-state index contributed by atoms with van der Waals surface area (Å²) in [5.41, 5.74) is 0. The first-order chi connectivity index (χ1) is 10.1. The smallest absolute Gasteiger partial charge is 0.422 e. The van der Waals surface area contributed by atoms with Crippen LogP contribution in [0, 0.1) is 0 Å². The molecule has 0 fully saturated rings. The van der Waals surface area contributed by atoms with Gasteiger partial charge in [-0.1, -0.05) is 19.8 Å². The van der Waals surface area contributed by atoms with Crippen LogP contribution in [0.5, 0.6) is 0 Å². The van der Waals surface area contributed by atoms with Crippen LogP contribution in [0.3, 0.4) is 0 Å². The molecule has 0 aromatic carbocycles. The summed E-state index contributed by atoms with van der Waals surface area (Å²) in [6, 6.07) is 0. The maximum absolute atomic E-state index is 12.7. The van der Waals surface area contributed by atoms with E-state index in [9.17, 15) is 45.5 Å². The minimum Gasteiger partial charge on any atom is -0.456 e. The molecular formula is C11H17F6O5P. The summed E-state index contributed by atoms with van der Waals surface area (Å²) in [6.07, 6.45) is -13.8.